The highest BCUT2D eigenvalue weighted by Gasteiger charge is 2.08. The number of hydrogen-bond acceptors (Lipinski definition) is 4. The van der Waals surface area contributed by atoms with Gasteiger partial charge in [-0.2, -0.15) is 0 Å². The number of ether oxygens (including phenoxy) is 1. The summed E-state index contributed by atoms with van der Waals surface area (Å²) in [5, 5.41) is 7.12. The second-order valence-electron chi connectivity index (χ2n) is 4.65. The lowest BCUT2D eigenvalue weighted by Gasteiger charge is -2.05. The highest BCUT2D eigenvalue weighted by Crippen LogP contribution is 2.15. The first-order valence-corrected chi connectivity index (χ1v) is 6.72. The van der Waals surface area contributed by atoms with E-state index in [1.54, 1.807) is 54.6 Å². The molecule has 0 saturated heterocycles. The Kier molecular flexibility index (Phi) is 5.06. The molecule has 0 heterocycles. The third kappa shape index (κ3) is 4.29. The molecule has 0 aliphatic carbocycles. The first-order valence-electron chi connectivity index (χ1n) is 6.72. The topological polar surface area (TPSA) is 102 Å². The molecule has 0 fully saturated rings. The second-order valence-corrected chi connectivity index (χ2v) is 4.65. The molecule has 2 aromatic carbocycles. The molecule has 0 saturated carbocycles. The highest BCUT2D eigenvalue weighted by molar-refractivity contribution is 5.92. The van der Waals surface area contributed by atoms with Crippen molar-refractivity contribution in [2.45, 2.75) is 6.54 Å². The molecule has 5 N–H and O–H groups in total. The molecule has 0 amide bonds. The quantitative estimate of drug-likeness (QED) is 0.341. The molecule has 5 nitrogen and oxygen atoms in total. The average molecular weight is 295 g/mol. The Morgan fingerprint density at radius 1 is 1.09 bits per heavy atom. The van der Waals surface area contributed by atoms with E-state index >= 15 is 0 Å². The molecule has 2 rings (SSSR count). The lowest BCUT2D eigenvalue weighted by atomic mass is 10.1. The third-order valence-corrected chi connectivity index (χ3v) is 2.97. The number of amidine groups is 1. The lowest BCUT2D eigenvalue weighted by Crippen LogP contribution is -2.08. The third-order valence-electron chi connectivity index (χ3n) is 2.97. The van der Waals surface area contributed by atoms with Gasteiger partial charge >= 0.3 is 5.97 Å². The number of carbonyl (C=O) groups is 1. The Labute approximate surface area is 128 Å². The molecule has 0 radical (unpaired) electrons. The summed E-state index contributed by atoms with van der Waals surface area (Å²) in [5.41, 5.74) is 13.0. The van der Waals surface area contributed by atoms with Gasteiger partial charge in [-0.1, -0.05) is 30.3 Å². The predicted octanol–water partition coefficient (Wildman–Crippen LogP) is 2.31. The van der Waals surface area contributed by atoms with Gasteiger partial charge in [-0.15, -0.1) is 0 Å². The maximum absolute atomic E-state index is 12.0. The van der Waals surface area contributed by atoms with Gasteiger partial charge in [0.1, 0.15) is 11.6 Å². The summed E-state index contributed by atoms with van der Waals surface area (Å²) in [7, 11) is 0. The monoisotopic (exact) mass is 295 g/mol. The summed E-state index contributed by atoms with van der Waals surface area (Å²) in [6.45, 7) is 0.435. The lowest BCUT2D eigenvalue weighted by molar-refractivity contribution is 0.0735. The molecule has 0 aliphatic heterocycles. The van der Waals surface area contributed by atoms with Crippen LogP contribution in [0.4, 0.5) is 0 Å². The van der Waals surface area contributed by atoms with Crippen molar-refractivity contribution in [3.05, 3.63) is 71.3 Å². The standard InChI is InChI=1S/C17H17N3O2/c18-11-13-1-6-14(7-2-13)17(21)22-15-8-3-12(4-9-15)5-10-16(19)20/h1-10H,11,18H2,(H3,19,20). The summed E-state index contributed by atoms with van der Waals surface area (Å²) in [6, 6.07) is 13.9. The van der Waals surface area contributed by atoms with E-state index < -0.39 is 5.97 Å². The molecule has 0 aromatic heterocycles. The second kappa shape index (κ2) is 7.19. The Hall–Kier alpha value is -2.92. The van der Waals surface area contributed by atoms with Crippen LogP contribution in [0.1, 0.15) is 21.5 Å². The molecule has 0 unspecified atom stereocenters. The van der Waals surface area contributed by atoms with Crippen molar-refractivity contribution in [3.8, 4) is 5.75 Å². The van der Waals surface area contributed by atoms with E-state index in [0.717, 1.165) is 11.1 Å². The maximum atomic E-state index is 12.0. The highest BCUT2D eigenvalue weighted by atomic mass is 16.5. The normalized spacial score (nSPS) is 10.6. The minimum absolute atomic E-state index is 0.0172. The number of hydrogen-bond donors (Lipinski definition) is 3. The van der Waals surface area contributed by atoms with E-state index in [4.69, 9.17) is 21.6 Å². The van der Waals surface area contributed by atoms with Crippen LogP contribution in [-0.4, -0.2) is 11.8 Å². The molecule has 0 aliphatic rings. The minimum atomic E-state index is -0.421. The molecule has 0 spiro atoms. The van der Waals surface area contributed by atoms with Gasteiger partial charge in [0, 0.05) is 6.54 Å². The zero-order chi connectivity index (χ0) is 15.9. The molecule has 2 aromatic rings. The largest absolute Gasteiger partial charge is 0.423 e. The Morgan fingerprint density at radius 3 is 2.27 bits per heavy atom. The molecule has 0 atom stereocenters. The average Bonchev–Trinajstić information content (AvgIpc) is 2.54. The van der Waals surface area contributed by atoms with Crippen LogP contribution in [0.3, 0.4) is 0 Å². The molecule has 0 bridgehead atoms. The Balaban J connectivity index is 2.03. The van der Waals surface area contributed by atoms with Crippen LogP contribution in [0, 0.1) is 5.41 Å². The van der Waals surface area contributed by atoms with Crippen LogP contribution in [0.5, 0.6) is 5.75 Å². The Morgan fingerprint density at radius 2 is 1.73 bits per heavy atom. The van der Waals surface area contributed by atoms with Crippen molar-refractivity contribution < 1.29 is 9.53 Å². The van der Waals surface area contributed by atoms with Gasteiger partial charge in [0.25, 0.3) is 0 Å². The van der Waals surface area contributed by atoms with Gasteiger partial charge in [-0.3, -0.25) is 5.41 Å². The maximum Gasteiger partial charge on any atom is 0.343 e. The van der Waals surface area contributed by atoms with E-state index in [9.17, 15) is 4.79 Å². The molecule has 5 heteroatoms. The zero-order valence-electron chi connectivity index (χ0n) is 12.0. The van der Waals surface area contributed by atoms with Gasteiger partial charge in [-0.25, -0.2) is 4.79 Å². The van der Waals surface area contributed by atoms with Crippen LogP contribution < -0.4 is 16.2 Å². The van der Waals surface area contributed by atoms with Crippen LogP contribution in [0.25, 0.3) is 6.08 Å². The van der Waals surface area contributed by atoms with Gasteiger partial charge in [-0.05, 0) is 41.5 Å². The Bertz CT molecular complexity index is 689. The molecular weight excluding hydrogens is 278 g/mol. The van der Waals surface area contributed by atoms with Crippen molar-refractivity contribution >= 4 is 17.9 Å². The van der Waals surface area contributed by atoms with E-state index in [2.05, 4.69) is 0 Å². The van der Waals surface area contributed by atoms with Crippen molar-refractivity contribution in [2.75, 3.05) is 0 Å². The van der Waals surface area contributed by atoms with E-state index in [-0.39, 0.29) is 5.84 Å². The van der Waals surface area contributed by atoms with E-state index in [0.29, 0.717) is 17.9 Å². The van der Waals surface area contributed by atoms with Gasteiger partial charge in [0.15, 0.2) is 0 Å². The first kappa shape index (κ1) is 15.5. The summed E-state index contributed by atoms with van der Waals surface area (Å²) in [5.74, 6) is 0.0138. The number of rotatable bonds is 5. The molecule has 22 heavy (non-hydrogen) atoms. The molecular formula is C17H17N3O2. The smallest absolute Gasteiger partial charge is 0.343 e. The number of carbonyl (C=O) groups excluding carboxylic acids is 1. The number of benzene rings is 2. The number of esters is 1. The fourth-order valence-electron chi connectivity index (χ4n) is 1.78. The van der Waals surface area contributed by atoms with Gasteiger partial charge in [0.05, 0.1) is 5.56 Å². The van der Waals surface area contributed by atoms with Crippen molar-refractivity contribution in [3.63, 3.8) is 0 Å². The number of nitrogens with two attached hydrogens (primary N) is 2. The first-order chi connectivity index (χ1) is 10.6. The summed E-state index contributed by atoms with van der Waals surface area (Å²) in [6.07, 6.45) is 3.19. The van der Waals surface area contributed by atoms with Crippen LogP contribution in [0.15, 0.2) is 54.6 Å². The van der Waals surface area contributed by atoms with Crippen LogP contribution in [0.2, 0.25) is 0 Å². The van der Waals surface area contributed by atoms with Crippen molar-refractivity contribution in [1.29, 1.82) is 5.41 Å². The summed E-state index contributed by atoms with van der Waals surface area (Å²) < 4.78 is 5.29. The zero-order valence-corrected chi connectivity index (χ0v) is 12.0. The van der Waals surface area contributed by atoms with Crippen molar-refractivity contribution in [1.82, 2.24) is 0 Å². The van der Waals surface area contributed by atoms with Crippen LogP contribution in [-0.2, 0) is 6.54 Å². The minimum Gasteiger partial charge on any atom is -0.423 e. The van der Waals surface area contributed by atoms with E-state index in [1.165, 1.54) is 6.08 Å². The van der Waals surface area contributed by atoms with E-state index in [1.807, 2.05) is 0 Å². The van der Waals surface area contributed by atoms with Crippen LogP contribution >= 0.6 is 0 Å². The SMILES string of the molecule is N=C(N)C=Cc1ccc(OC(=O)c2ccc(CN)cc2)cc1. The van der Waals surface area contributed by atoms with Crippen molar-refractivity contribution in [2.24, 2.45) is 11.5 Å². The molecule has 112 valence electrons. The summed E-state index contributed by atoms with van der Waals surface area (Å²) in [4.78, 5) is 12.0. The van der Waals surface area contributed by atoms with Gasteiger partial charge in [0.2, 0.25) is 0 Å². The fraction of sp³-hybridized carbons (Fsp3) is 0.0588. The fourth-order valence-corrected chi connectivity index (χ4v) is 1.78. The summed E-state index contributed by atoms with van der Waals surface area (Å²) >= 11 is 0. The van der Waals surface area contributed by atoms with Gasteiger partial charge < -0.3 is 16.2 Å². The predicted molar refractivity (Wildman–Crippen MR) is 86.7 cm³/mol. The number of nitrogens with one attached hydrogen (secondary N) is 1.